The number of halogens is 7. The minimum Gasteiger partial charge on any atom is -0.475 e. The van der Waals surface area contributed by atoms with E-state index in [1.165, 1.54) is 0 Å². The van der Waals surface area contributed by atoms with Crippen LogP contribution in [0.5, 0.6) is 5.75 Å². The van der Waals surface area contributed by atoms with Crippen molar-refractivity contribution in [3.63, 3.8) is 0 Å². The fourth-order valence-corrected chi connectivity index (χ4v) is 3.79. The molecular weight excluding hydrogens is 491 g/mol. The monoisotopic (exact) mass is 511 g/mol. The zero-order valence-electron chi connectivity index (χ0n) is 18.4. The fraction of sp³-hybridized carbons (Fsp3) is 0.524. The van der Waals surface area contributed by atoms with Gasteiger partial charge in [0.2, 0.25) is 0 Å². The van der Waals surface area contributed by atoms with Gasteiger partial charge in [-0.15, -0.1) is 0 Å². The lowest BCUT2D eigenvalue weighted by Crippen LogP contribution is -2.53. The number of aromatic nitrogens is 1. The van der Waals surface area contributed by atoms with Crippen molar-refractivity contribution in [1.82, 2.24) is 4.98 Å². The number of alkyl halides is 5. The van der Waals surface area contributed by atoms with E-state index < -0.39 is 78.3 Å². The third-order valence-electron chi connectivity index (χ3n) is 5.32. The largest absolute Gasteiger partial charge is 0.475 e. The van der Waals surface area contributed by atoms with Crippen LogP contribution in [-0.2, 0) is 11.2 Å². The average Bonchev–Trinajstić information content (AvgIpc) is 3.23. The number of carbonyl (C=O) groups is 1. The van der Waals surface area contributed by atoms with E-state index in [4.69, 9.17) is 9.15 Å². The summed E-state index contributed by atoms with van der Waals surface area (Å²) in [6, 6.07) is 0.966. The number of nitrogens with one attached hydrogen (secondary N) is 1. The predicted molar refractivity (Wildman–Crippen MR) is 107 cm³/mol. The standard InChI is InChI=1S/C21H20F7N3O4/c1-19(2)7-31(8-19)18-30-15(13(34-18)5-21(26,27)28)17(32)29-10-3-11(22)16(12(23)4-10)35-14-6-33-9-20(14,24)25/h3-4,14H,5-9H2,1-2H3,(H,29,32). The van der Waals surface area contributed by atoms with Crippen molar-refractivity contribution in [3.05, 3.63) is 35.2 Å². The van der Waals surface area contributed by atoms with Crippen LogP contribution in [0.2, 0.25) is 0 Å². The van der Waals surface area contributed by atoms with Crippen molar-refractivity contribution in [1.29, 1.82) is 0 Å². The first kappa shape index (κ1) is 25.1. The van der Waals surface area contributed by atoms with Gasteiger partial charge in [-0.25, -0.2) is 8.78 Å². The Hall–Kier alpha value is -3.03. The first-order chi connectivity index (χ1) is 16.1. The van der Waals surface area contributed by atoms with Gasteiger partial charge in [-0.2, -0.15) is 26.9 Å². The minimum atomic E-state index is -4.72. The fourth-order valence-electron chi connectivity index (χ4n) is 3.79. The molecule has 0 spiro atoms. The lowest BCUT2D eigenvalue weighted by molar-refractivity contribution is -0.130. The number of hydrogen-bond donors (Lipinski definition) is 1. The van der Waals surface area contributed by atoms with Gasteiger partial charge in [0, 0.05) is 36.3 Å². The van der Waals surface area contributed by atoms with E-state index in [-0.39, 0.29) is 11.4 Å². The molecule has 7 nitrogen and oxygen atoms in total. The summed E-state index contributed by atoms with van der Waals surface area (Å²) in [4.78, 5) is 18.1. The van der Waals surface area contributed by atoms with Gasteiger partial charge in [0.15, 0.2) is 29.2 Å². The quantitative estimate of drug-likeness (QED) is 0.573. The molecule has 1 aromatic carbocycles. The summed E-state index contributed by atoms with van der Waals surface area (Å²) in [7, 11) is 0. The molecule has 1 aromatic heterocycles. The Labute approximate surface area is 194 Å². The van der Waals surface area contributed by atoms with Crippen molar-refractivity contribution < 1.29 is 49.4 Å². The van der Waals surface area contributed by atoms with Crippen molar-refractivity contribution in [2.45, 2.75) is 38.5 Å². The van der Waals surface area contributed by atoms with Gasteiger partial charge in [0.05, 0.1) is 6.61 Å². The Kier molecular flexibility index (Phi) is 6.14. The van der Waals surface area contributed by atoms with E-state index in [0.717, 1.165) is 0 Å². The SMILES string of the molecule is CC1(C)CN(c2nc(C(=O)Nc3cc(F)c(OC4COCC4(F)F)c(F)c3)c(CC(F)(F)F)o2)C1. The molecular formula is C21H20F7N3O4. The summed E-state index contributed by atoms with van der Waals surface area (Å²) in [6.07, 6.45) is -8.23. The number of hydrogen-bond acceptors (Lipinski definition) is 6. The number of anilines is 2. The predicted octanol–water partition coefficient (Wildman–Crippen LogP) is 4.57. The molecule has 0 radical (unpaired) electrons. The summed E-state index contributed by atoms with van der Waals surface area (Å²) in [5.41, 5.74) is -1.32. The van der Waals surface area contributed by atoms with E-state index >= 15 is 0 Å². The summed E-state index contributed by atoms with van der Waals surface area (Å²) in [5, 5.41) is 2.05. The van der Waals surface area contributed by atoms with Gasteiger partial charge < -0.3 is 24.1 Å². The van der Waals surface area contributed by atoms with Crippen LogP contribution in [0.15, 0.2) is 16.5 Å². The highest BCUT2D eigenvalue weighted by molar-refractivity contribution is 6.03. The topological polar surface area (TPSA) is 76.8 Å². The summed E-state index contributed by atoms with van der Waals surface area (Å²) in [6.45, 7) is 3.16. The smallest absolute Gasteiger partial charge is 0.396 e. The summed E-state index contributed by atoms with van der Waals surface area (Å²) >= 11 is 0. The first-order valence-electron chi connectivity index (χ1n) is 10.4. The lowest BCUT2D eigenvalue weighted by Gasteiger charge is -2.44. The minimum absolute atomic E-state index is 0.117. The Morgan fingerprint density at radius 1 is 1.23 bits per heavy atom. The molecule has 35 heavy (non-hydrogen) atoms. The van der Waals surface area contributed by atoms with Crippen LogP contribution in [0.3, 0.4) is 0 Å². The molecule has 14 heteroatoms. The number of benzene rings is 1. The van der Waals surface area contributed by atoms with E-state index in [2.05, 4.69) is 15.0 Å². The zero-order chi connectivity index (χ0) is 25.8. The Morgan fingerprint density at radius 3 is 2.37 bits per heavy atom. The second-order valence-corrected chi connectivity index (χ2v) is 9.19. The van der Waals surface area contributed by atoms with Crippen molar-refractivity contribution in [2.75, 3.05) is 36.5 Å². The summed E-state index contributed by atoms with van der Waals surface area (Å²) < 4.78 is 110. The number of ether oxygens (including phenoxy) is 2. The molecule has 2 fully saturated rings. The number of oxazole rings is 1. The number of nitrogens with zero attached hydrogens (tertiary/aromatic N) is 2. The molecule has 1 atom stereocenters. The second-order valence-electron chi connectivity index (χ2n) is 9.19. The lowest BCUT2D eigenvalue weighted by atomic mass is 9.85. The van der Waals surface area contributed by atoms with E-state index in [9.17, 15) is 35.5 Å². The van der Waals surface area contributed by atoms with Crippen LogP contribution in [0.4, 0.5) is 42.4 Å². The number of amides is 1. The molecule has 192 valence electrons. The van der Waals surface area contributed by atoms with Crippen molar-refractivity contribution in [2.24, 2.45) is 5.41 Å². The third kappa shape index (κ3) is 5.46. The number of carbonyl (C=O) groups excluding carboxylic acids is 1. The molecule has 2 saturated heterocycles. The van der Waals surface area contributed by atoms with Crippen molar-refractivity contribution >= 4 is 17.6 Å². The normalized spacial score (nSPS) is 21.1. The summed E-state index contributed by atoms with van der Waals surface area (Å²) in [5.74, 6) is -9.37. The molecule has 2 aliphatic rings. The molecule has 4 rings (SSSR count). The van der Waals surface area contributed by atoms with Gasteiger partial charge in [-0.05, 0) is 0 Å². The molecule has 1 N–H and O–H groups in total. The number of rotatable bonds is 6. The zero-order valence-corrected chi connectivity index (χ0v) is 18.4. The van der Waals surface area contributed by atoms with Crippen LogP contribution in [0, 0.1) is 17.0 Å². The van der Waals surface area contributed by atoms with Crippen LogP contribution >= 0.6 is 0 Å². The highest BCUT2D eigenvalue weighted by Gasteiger charge is 2.48. The van der Waals surface area contributed by atoms with Crippen LogP contribution < -0.4 is 15.0 Å². The van der Waals surface area contributed by atoms with E-state index in [0.29, 0.717) is 25.2 Å². The van der Waals surface area contributed by atoms with Crippen LogP contribution in [-0.4, -0.2) is 55.4 Å². The van der Waals surface area contributed by atoms with Gasteiger partial charge in [0.1, 0.15) is 18.8 Å². The van der Waals surface area contributed by atoms with Gasteiger partial charge in [-0.1, -0.05) is 13.8 Å². The van der Waals surface area contributed by atoms with E-state index in [1.807, 2.05) is 13.8 Å². The van der Waals surface area contributed by atoms with Gasteiger partial charge in [-0.3, -0.25) is 4.79 Å². The van der Waals surface area contributed by atoms with Crippen LogP contribution in [0.25, 0.3) is 0 Å². The Balaban J connectivity index is 1.54. The first-order valence-corrected chi connectivity index (χ1v) is 10.4. The molecule has 0 bridgehead atoms. The maximum atomic E-state index is 14.4. The molecule has 3 heterocycles. The highest BCUT2D eigenvalue weighted by atomic mass is 19.4. The molecule has 2 aliphatic heterocycles. The molecule has 2 aromatic rings. The van der Waals surface area contributed by atoms with E-state index in [1.54, 1.807) is 4.90 Å². The molecule has 1 amide bonds. The average molecular weight is 511 g/mol. The highest BCUT2D eigenvalue weighted by Crippen LogP contribution is 2.36. The molecule has 0 saturated carbocycles. The Bertz CT molecular complexity index is 1100. The maximum Gasteiger partial charge on any atom is 0.396 e. The van der Waals surface area contributed by atoms with Crippen LogP contribution in [0.1, 0.15) is 30.1 Å². The second kappa shape index (κ2) is 8.57. The maximum absolute atomic E-state index is 14.4. The van der Waals surface area contributed by atoms with Gasteiger partial charge >= 0.3 is 12.1 Å². The van der Waals surface area contributed by atoms with Gasteiger partial charge in [0.25, 0.3) is 11.9 Å². The molecule has 0 aliphatic carbocycles. The molecule has 1 unspecified atom stereocenters. The van der Waals surface area contributed by atoms with Crippen molar-refractivity contribution in [3.8, 4) is 5.75 Å². The third-order valence-corrected chi connectivity index (χ3v) is 5.32. The Morgan fingerprint density at radius 2 is 1.86 bits per heavy atom.